The number of halogens is 3. The maximum atomic E-state index is 12.5. The van der Waals surface area contributed by atoms with E-state index < -0.39 is 6.36 Å². The Hall–Kier alpha value is -3.03. The predicted octanol–water partition coefficient (Wildman–Crippen LogP) is 4.71. The lowest BCUT2D eigenvalue weighted by molar-refractivity contribution is -0.274. The van der Waals surface area contributed by atoms with Crippen LogP contribution in [0.1, 0.15) is 23.2 Å². The maximum absolute atomic E-state index is 12.5. The van der Waals surface area contributed by atoms with Gasteiger partial charge >= 0.3 is 12.4 Å². The number of amides is 2. The predicted molar refractivity (Wildman–Crippen MR) is 97.2 cm³/mol. The van der Waals surface area contributed by atoms with Crippen LogP contribution in [0, 0.1) is 5.92 Å². The zero-order valence-electron chi connectivity index (χ0n) is 14.9. The number of likely N-dealkylation sites (tertiary alicyclic amines) is 1. The summed E-state index contributed by atoms with van der Waals surface area (Å²) in [6.45, 7) is 0.870. The molecule has 0 aromatic heterocycles. The number of piperidine rings is 1. The molecule has 1 N–H and O–H groups in total. The second-order valence-corrected chi connectivity index (χ2v) is 6.49. The van der Waals surface area contributed by atoms with Gasteiger partial charge in [0.1, 0.15) is 5.75 Å². The third-order valence-corrected chi connectivity index (χ3v) is 4.55. The standard InChI is InChI=1S/C20H19F3N2O3/c21-20(22,23)28-17-8-6-16(7-9-17)24-19(27)25-12-10-15(11-13-25)18(26)14-4-2-1-3-5-14/h1-9,15H,10-13H2,(H,24,27). The molecule has 5 nitrogen and oxygen atoms in total. The zero-order valence-corrected chi connectivity index (χ0v) is 14.9. The van der Waals surface area contributed by atoms with Crippen molar-refractivity contribution >= 4 is 17.5 Å². The molecule has 148 valence electrons. The Kier molecular flexibility index (Phi) is 5.87. The number of hydrogen-bond acceptors (Lipinski definition) is 3. The Labute approximate surface area is 160 Å². The molecule has 0 saturated carbocycles. The molecule has 0 atom stereocenters. The van der Waals surface area contributed by atoms with E-state index >= 15 is 0 Å². The summed E-state index contributed by atoms with van der Waals surface area (Å²) in [4.78, 5) is 26.4. The minimum absolute atomic E-state index is 0.0842. The molecule has 0 bridgehead atoms. The molecular weight excluding hydrogens is 373 g/mol. The Morgan fingerprint density at radius 2 is 1.57 bits per heavy atom. The van der Waals surface area contributed by atoms with E-state index in [2.05, 4.69) is 10.1 Å². The van der Waals surface area contributed by atoms with E-state index in [1.165, 1.54) is 12.1 Å². The van der Waals surface area contributed by atoms with Gasteiger partial charge in [0.25, 0.3) is 0 Å². The topological polar surface area (TPSA) is 58.6 Å². The SMILES string of the molecule is O=C(c1ccccc1)C1CCN(C(=O)Nc2ccc(OC(F)(F)F)cc2)CC1. The molecule has 8 heteroatoms. The summed E-state index contributed by atoms with van der Waals surface area (Å²) in [5.41, 5.74) is 1.04. The molecule has 1 aliphatic heterocycles. The lowest BCUT2D eigenvalue weighted by atomic mass is 9.89. The fourth-order valence-corrected chi connectivity index (χ4v) is 3.13. The van der Waals surface area contributed by atoms with Crippen molar-refractivity contribution in [1.29, 1.82) is 0 Å². The van der Waals surface area contributed by atoms with E-state index in [9.17, 15) is 22.8 Å². The second-order valence-electron chi connectivity index (χ2n) is 6.49. The number of rotatable bonds is 4. The Morgan fingerprint density at radius 3 is 2.14 bits per heavy atom. The van der Waals surface area contributed by atoms with Crippen molar-refractivity contribution in [3.05, 3.63) is 60.2 Å². The van der Waals surface area contributed by atoms with Crippen LogP contribution >= 0.6 is 0 Å². The Morgan fingerprint density at radius 1 is 0.964 bits per heavy atom. The fourth-order valence-electron chi connectivity index (χ4n) is 3.13. The highest BCUT2D eigenvalue weighted by atomic mass is 19.4. The molecule has 2 aromatic rings. The van der Waals surface area contributed by atoms with Crippen molar-refractivity contribution in [3.63, 3.8) is 0 Å². The number of benzene rings is 2. The van der Waals surface area contributed by atoms with Gasteiger partial charge in [0.05, 0.1) is 0 Å². The van der Waals surface area contributed by atoms with Crippen molar-refractivity contribution in [2.75, 3.05) is 18.4 Å². The van der Waals surface area contributed by atoms with E-state index in [0.717, 1.165) is 12.1 Å². The van der Waals surface area contributed by atoms with E-state index in [0.29, 0.717) is 37.2 Å². The average molecular weight is 392 g/mol. The highest BCUT2D eigenvalue weighted by Gasteiger charge is 2.31. The van der Waals surface area contributed by atoms with Crippen molar-refractivity contribution in [1.82, 2.24) is 4.90 Å². The van der Waals surface area contributed by atoms with Gasteiger partial charge in [0.15, 0.2) is 5.78 Å². The van der Waals surface area contributed by atoms with Crippen LogP contribution in [0.25, 0.3) is 0 Å². The van der Waals surface area contributed by atoms with Crippen LogP contribution in [-0.4, -0.2) is 36.2 Å². The van der Waals surface area contributed by atoms with Crippen LogP contribution in [0.2, 0.25) is 0 Å². The van der Waals surface area contributed by atoms with Crippen LogP contribution in [0.5, 0.6) is 5.75 Å². The van der Waals surface area contributed by atoms with Crippen molar-refractivity contribution in [3.8, 4) is 5.75 Å². The lowest BCUT2D eigenvalue weighted by Gasteiger charge is -2.31. The van der Waals surface area contributed by atoms with Gasteiger partial charge in [-0.1, -0.05) is 30.3 Å². The van der Waals surface area contributed by atoms with Gasteiger partial charge in [0.2, 0.25) is 0 Å². The number of Topliss-reactive ketones (excluding diaryl/α,β-unsaturated/α-hetero) is 1. The normalized spacial score (nSPS) is 15.2. The van der Waals surface area contributed by atoms with Gasteiger partial charge in [-0.2, -0.15) is 0 Å². The highest BCUT2D eigenvalue weighted by molar-refractivity contribution is 5.98. The number of carbonyl (C=O) groups is 2. The molecule has 2 aromatic carbocycles. The van der Waals surface area contributed by atoms with Gasteiger partial charge in [-0.05, 0) is 37.1 Å². The van der Waals surface area contributed by atoms with Gasteiger partial charge in [-0.25, -0.2) is 4.79 Å². The summed E-state index contributed by atoms with van der Waals surface area (Å²) in [5, 5.41) is 2.64. The van der Waals surface area contributed by atoms with Crippen LogP contribution in [0.15, 0.2) is 54.6 Å². The first-order valence-corrected chi connectivity index (χ1v) is 8.83. The number of anilines is 1. The first-order valence-electron chi connectivity index (χ1n) is 8.83. The van der Waals surface area contributed by atoms with Crippen LogP contribution < -0.4 is 10.1 Å². The first kappa shape index (κ1) is 19.7. The minimum Gasteiger partial charge on any atom is -0.406 e. The number of nitrogens with one attached hydrogen (secondary N) is 1. The molecule has 28 heavy (non-hydrogen) atoms. The summed E-state index contributed by atoms with van der Waals surface area (Å²) in [6, 6.07) is 13.7. The monoisotopic (exact) mass is 392 g/mol. The summed E-state index contributed by atoms with van der Waals surface area (Å²) < 4.78 is 40.3. The van der Waals surface area contributed by atoms with Crippen LogP contribution in [-0.2, 0) is 0 Å². The number of nitrogens with zero attached hydrogens (tertiary/aromatic N) is 1. The smallest absolute Gasteiger partial charge is 0.406 e. The molecule has 3 rings (SSSR count). The number of carbonyl (C=O) groups excluding carboxylic acids is 2. The summed E-state index contributed by atoms with van der Waals surface area (Å²) in [5.74, 6) is -0.392. The maximum Gasteiger partial charge on any atom is 0.573 e. The minimum atomic E-state index is -4.76. The van der Waals surface area contributed by atoms with Crippen LogP contribution in [0.4, 0.5) is 23.7 Å². The van der Waals surface area contributed by atoms with Crippen LogP contribution in [0.3, 0.4) is 0 Å². The molecule has 0 radical (unpaired) electrons. The second kappa shape index (κ2) is 8.33. The van der Waals surface area contributed by atoms with Crippen molar-refractivity contribution < 1.29 is 27.5 Å². The highest BCUT2D eigenvalue weighted by Crippen LogP contribution is 2.25. The van der Waals surface area contributed by atoms with Gasteiger partial charge in [0, 0.05) is 30.3 Å². The number of alkyl halides is 3. The molecule has 0 spiro atoms. The van der Waals surface area contributed by atoms with E-state index in [1.807, 2.05) is 18.2 Å². The Bertz CT molecular complexity index is 815. The van der Waals surface area contributed by atoms with E-state index in [4.69, 9.17) is 0 Å². The average Bonchev–Trinajstić information content (AvgIpc) is 2.68. The zero-order chi connectivity index (χ0) is 20.1. The van der Waals surface area contributed by atoms with Crippen molar-refractivity contribution in [2.45, 2.75) is 19.2 Å². The summed E-state index contributed by atoms with van der Waals surface area (Å²) in [6.07, 6.45) is -3.62. The number of hydrogen-bond donors (Lipinski definition) is 1. The molecule has 1 saturated heterocycles. The number of urea groups is 1. The summed E-state index contributed by atoms with van der Waals surface area (Å²) in [7, 11) is 0. The number of ketones is 1. The molecule has 1 aliphatic rings. The van der Waals surface area contributed by atoms with Gasteiger partial charge < -0.3 is 15.0 Å². The fraction of sp³-hybridized carbons (Fsp3) is 0.300. The van der Waals surface area contributed by atoms with Crippen molar-refractivity contribution in [2.24, 2.45) is 5.92 Å². The van der Waals surface area contributed by atoms with E-state index in [-0.39, 0.29) is 23.5 Å². The number of ether oxygens (including phenoxy) is 1. The first-order chi connectivity index (χ1) is 13.3. The molecule has 0 unspecified atom stereocenters. The van der Waals surface area contributed by atoms with Gasteiger partial charge in [-0.15, -0.1) is 13.2 Å². The molecule has 0 aliphatic carbocycles. The molecule has 1 fully saturated rings. The Balaban J connectivity index is 1.51. The third-order valence-electron chi connectivity index (χ3n) is 4.55. The molecular formula is C20H19F3N2O3. The quantitative estimate of drug-likeness (QED) is 0.767. The lowest BCUT2D eigenvalue weighted by Crippen LogP contribution is -2.42. The summed E-state index contributed by atoms with van der Waals surface area (Å²) >= 11 is 0. The third kappa shape index (κ3) is 5.25. The largest absolute Gasteiger partial charge is 0.573 e. The van der Waals surface area contributed by atoms with Gasteiger partial charge in [-0.3, -0.25) is 4.79 Å². The van der Waals surface area contributed by atoms with E-state index in [1.54, 1.807) is 17.0 Å². The molecule has 1 heterocycles. The molecule has 2 amide bonds.